The third kappa shape index (κ3) is 5.27. The summed E-state index contributed by atoms with van der Waals surface area (Å²) < 4.78 is 14.3. The van der Waals surface area contributed by atoms with Crippen LogP contribution in [0.5, 0.6) is 5.75 Å². The minimum Gasteiger partial charge on any atom is -0.508 e. The smallest absolute Gasteiger partial charge is 0.290 e. The highest BCUT2D eigenvalue weighted by Gasteiger charge is 2.52. The van der Waals surface area contributed by atoms with Crippen molar-refractivity contribution in [3.05, 3.63) is 65.5 Å². The summed E-state index contributed by atoms with van der Waals surface area (Å²) in [6, 6.07) is 14.3. The van der Waals surface area contributed by atoms with Gasteiger partial charge >= 0.3 is 0 Å². The van der Waals surface area contributed by atoms with E-state index in [1.165, 1.54) is 17.7 Å². The lowest BCUT2D eigenvalue weighted by atomic mass is 9.76. The van der Waals surface area contributed by atoms with E-state index < -0.39 is 5.82 Å². The molecular formula is C25H31FN2O4. The molecule has 0 aromatic heterocycles. The number of aryl methyl sites for hydroxylation is 1. The molecule has 2 N–H and O–H groups in total. The Kier molecular flexibility index (Phi) is 7.85. The van der Waals surface area contributed by atoms with Crippen LogP contribution in [0.25, 0.3) is 0 Å². The lowest BCUT2D eigenvalue weighted by molar-refractivity contribution is -0.122. The number of carbonyl (C=O) groups is 2. The molecule has 0 bridgehead atoms. The maximum Gasteiger partial charge on any atom is 0.290 e. The van der Waals surface area contributed by atoms with Crippen LogP contribution >= 0.6 is 0 Å². The van der Waals surface area contributed by atoms with E-state index in [-0.39, 0.29) is 29.1 Å². The summed E-state index contributed by atoms with van der Waals surface area (Å²) in [4.78, 5) is 25.7. The first-order valence-electron chi connectivity index (χ1n) is 11.0. The molecule has 32 heavy (non-hydrogen) atoms. The molecule has 0 aliphatic carbocycles. The first kappa shape index (κ1) is 23.7. The van der Waals surface area contributed by atoms with Crippen LogP contribution in [0.2, 0.25) is 0 Å². The Bertz CT molecular complexity index is 923. The van der Waals surface area contributed by atoms with E-state index in [1.54, 1.807) is 0 Å². The number of fused-ring (bicyclic) bond motifs is 1. The van der Waals surface area contributed by atoms with Crippen molar-refractivity contribution >= 4 is 12.4 Å². The fraction of sp³-hybridized carbons (Fsp3) is 0.440. The molecule has 2 atom stereocenters. The molecule has 2 fully saturated rings. The van der Waals surface area contributed by atoms with Crippen LogP contribution in [0.1, 0.15) is 35.7 Å². The molecule has 2 aliphatic rings. The zero-order valence-electron chi connectivity index (χ0n) is 18.4. The molecular weight excluding hydrogens is 411 g/mol. The minimum absolute atomic E-state index is 0.0476. The van der Waals surface area contributed by atoms with E-state index in [0.717, 1.165) is 45.0 Å². The van der Waals surface area contributed by atoms with E-state index in [0.29, 0.717) is 19.0 Å². The summed E-state index contributed by atoms with van der Waals surface area (Å²) in [5.41, 5.74) is 1.43. The third-order valence-corrected chi connectivity index (χ3v) is 6.59. The second kappa shape index (κ2) is 10.6. The SMILES string of the molecule is CCCN1CC2CN(C(=O)c3ccc(O)cc3F)CC2(CCc2ccccc2)C1.O=CO. The molecule has 172 valence electrons. The van der Waals surface area contributed by atoms with E-state index in [1.807, 2.05) is 11.0 Å². The number of phenols is 1. The summed E-state index contributed by atoms with van der Waals surface area (Å²) in [7, 11) is 0. The number of halogens is 1. The van der Waals surface area contributed by atoms with Gasteiger partial charge in [0.25, 0.3) is 12.4 Å². The van der Waals surface area contributed by atoms with Crippen LogP contribution < -0.4 is 0 Å². The Morgan fingerprint density at radius 3 is 2.56 bits per heavy atom. The Hall–Kier alpha value is -2.93. The number of likely N-dealkylation sites (tertiary alicyclic amines) is 2. The van der Waals surface area contributed by atoms with Gasteiger partial charge in [-0.3, -0.25) is 9.59 Å². The van der Waals surface area contributed by atoms with Gasteiger partial charge in [0.05, 0.1) is 5.56 Å². The fourth-order valence-electron chi connectivity index (χ4n) is 5.17. The normalized spacial score (nSPS) is 22.2. The molecule has 2 saturated heterocycles. The largest absolute Gasteiger partial charge is 0.508 e. The van der Waals surface area contributed by atoms with Gasteiger partial charge in [-0.25, -0.2) is 4.39 Å². The standard InChI is InChI=1S/C24H29FN2O2.CH2O2/c1-2-12-26-14-19-15-27(23(29)21-9-8-20(28)13-22(21)25)17-24(19,16-26)11-10-18-6-4-3-5-7-18;2-1-3/h3-9,13,19,28H,2,10-12,14-17H2,1H3;1H,(H,2,3). The van der Waals surface area contributed by atoms with E-state index in [2.05, 4.69) is 36.1 Å². The molecule has 0 saturated carbocycles. The van der Waals surface area contributed by atoms with Gasteiger partial charge in [-0.05, 0) is 49.4 Å². The summed E-state index contributed by atoms with van der Waals surface area (Å²) in [6.45, 7) is 6.39. The number of nitrogens with zero attached hydrogens (tertiary/aromatic N) is 2. The van der Waals surface area contributed by atoms with Crippen molar-refractivity contribution in [2.75, 3.05) is 32.7 Å². The number of rotatable bonds is 6. The molecule has 0 spiro atoms. The number of benzene rings is 2. The molecule has 2 unspecified atom stereocenters. The highest BCUT2D eigenvalue weighted by atomic mass is 19.1. The van der Waals surface area contributed by atoms with Crippen molar-refractivity contribution in [1.82, 2.24) is 9.80 Å². The number of hydrogen-bond acceptors (Lipinski definition) is 4. The number of hydrogen-bond donors (Lipinski definition) is 2. The number of aromatic hydroxyl groups is 1. The fourth-order valence-corrected chi connectivity index (χ4v) is 5.17. The third-order valence-electron chi connectivity index (χ3n) is 6.59. The zero-order valence-corrected chi connectivity index (χ0v) is 18.4. The first-order valence-corrected chi connectivity index (χ1v) is 11.0. The quantitative estimate of drug-likeness (QED) is 0.668. The molecule has 1 amide bonds. The molecule has 0 radical (unpaired) electrons. The van der Waals surface area contributed by atoms with Crippen molar-refractivity contribution in [2.45, 2.75) is 26.2 Å². The number of carboxylic acid groups (broad SMARTS) is 1. The van der Waals surface area contributed by atoms with Crippen molar-refractivity contribution in [2.24, 2.45) is 11.3 Å². The van der Waals surface area contributed by atoms with Crippen LogP contribution in [-0.2, 0) is 11.2 Å². The number of phenolic OH excluding ortho intramolecular Hbond substituents is 1. The van der Waals surface area contributed by atoms with Crippen LogP contribution in [-0.4, -0.2) is 65.1 Å². The Morgan fingerprint density at radius 1 is 1.19 bits per heavy atom. The van der Waals surface area contributed by atoms with Crippen molar-refractivity contribution in [3.63, 3.8) is 0 Å². The molecule has 2 heterocycles. The average molecular weight is 443 g/mol. The Morgan fingerprint density at radius 2 is 1.91 bits per heavy atom. The minimum atomic E-state index is -0.655. The van der Waals surface area contributed by atoms with Gasteiger partial charge < -0.3 is 20.0 Å². The second-order valence-electron chi connectivity index (χ2n) is 8.74. The average Bonchev–Trinajstić information content (AvgIpc) is 3.27. The van der Waals surface area contributed by atoms with Gasteiger partial charge in [0.15, 0.2) is 0 Å². The first-order chi connectivity index (χ1) is 15.4. The van der Waals surface area contributed by atoms with Gasteiger partial charge in [-0.2, -0.15) is 0 Å². The molecule has 2 aliphatic heterocycles. The number of carbonyl (C=O) groups excluding carboxylic acids is 1. The van der Waals surface area contributed by atoms with Crippen LogP contribution in [0.3, 0.4) is 0 Å². The van der Waals surface area contributed by atoms with Crippen molar-refractivity contribution in [3.8, 4) is 5.75 Å². The Balaban J connectivity index is 0.000000913. The summed E-state index contributed by atoms with van der Waals surface area (Å²) in [6.07, 6.45) is 3.15. The predicted molar refractivity (Wildman–Crippen MR) is 120 cm³/mol. The highest BCUT2D eigenvalue weighted by Crippen LogP contribution is 2.46. The van der Waals surface area contributed by atoms with Crippen LogP contribution in [0.15, 0.2) is 48.5 Å². The van der Waals surface area contributed by atoms with Gasteiger partial charge in [-0.1, -0.05) is 37.3 Å². The van der Waals surface area contributed by atoms with Gasteiger partial charge in [0.2, 0.25) is 0 Å². The molecule has 2 aromatic rings. The van der Waals surface area contributed by atoms with Crippen LogP contribution in [0.4, 0.5) is 4.39 Å². The van der Waals surface area contributed by atoms with E-state index in [9.17, 15) is 14.3 Å². The molecule has 7 heteroatoms. The highest BCUT2D eigenvalue weighted by molar-refractivity contribution is 5.95. The lowest BCUT2D eigenvalue weighted by Gasteiger charge is -2.30. The maximum absolute atomic E-state index is 14.3. The lowest BCUT2D eigenvalue weighted by Crippen LogP contribution is -2.37. The summed E-state index contributed by atoms with van der Waals surface area (Å²) in [5, 5.41) is 16.3. The summed E-state index contributed by atoms with van der Waals surface area (Å²) >= 11 is 0. The number of amides is 1. The van der Waals surface area contributed by atoms with E-state index >= 15 is 0 Å². The topological polar surface area (TPSA) is 81.1 Å². The van der Waals surface area contributed by atoms with E-state index in [4.69, 9.17) is 9.90 Å². The Labute approximate surface area is 188 Å². The maximum atomic E-state index is 14.3. The van der Waals surface area contributed by atoms with Crippen molar-refractivity contribution in [1.29, 1.82) is 0 Å². The zero-order chi connectivity index (χ0) is 23.1. The van der Waals surface area contributed by atoms with Gasteiger partial charge in [0.1, 0.15) is 11.6 Å². The van der Waals surface area contributed by atoms with Gasteiger partial charge in [-0.15, -0.1) is 0 Å². The van der Waals surface area contributed by atoms with Crippen LogP contribution in [0, 0.1) is 17.2 Å². The predicted octanol–water partition coefficient (Wildman–Crippen LogP) is 3.65. The van der Waals surface area contributed by atoms with Crippen molar-refractivity contribution < 1.29 is 24.2 Å². The monoisotopic (exact) mass is 442 g/mol. The van der Waals surface area contributed by atoms with Gasteiger partial charge in [0, 0.05) is 37.7 Å². The summed E-state index contributed by atoms with van der Waals surface area (Å²) in [5.74, 6) is -0.662. The molecule has 2 aromatic carbocycles. The molecule has 6 nitrogen and oxygen atoms in total. The second-order valence-corrected chi connectivity index (χ2v) is 8.74. The molecule has 4 rings (SSSR count).